The first-order chi connectivity index (χ1) is 8.16. The van der Waals surface area contributed by atoms with Gasteiger partial charge in [-0.1, -0.05) is 58.7 Å². The van der Waals surface area contributed by atoms with Crippen molar-refractivity contribution in [1.29, 1.82) is 0 Å². The van der Waals surface area contributed by atoms with Gasteiger partial charge in [0.1, 0.15) is 11.5 Å². The lowest BCUT2D eigenvalue weighted by Gasteiger charge is -2.21. The van der Waals surface area contributed by atoms with Gasteiger partial charge in [-0.3, -0.25) is 0 Å². The van der Waals surface area contributed by atoms with Crippen LogP contribution in [0.25, 0.3) is 0 Å². The summed E-state index contributed by atoms with van der Waals surface area (Å²) < 4.78 is 5.75. The number of rotatable bonds is 0. The Morgan fingerprint density at radius 1 is 0.941 bits per heavy atom. The first-order valence-electron chi connectivity index (χ1n) is 4.79. The maximum atomic E-state index is 6.17. The van der Waals surface area contributed by atoms with Gasteiger partial charge in [-0.25, -0.2) is 0 Å². The van der Waals surface area contributed by atoms with Gasteiger partial charge in [0.2, 0.25) is 0 Å². The Morgan fingerprint density at radius 3 is 2.53 bits per heavy atom. The summed E-state index contributed by atoms with van der Waals surface area (Å²) in [5.74, 6) is 1.45. The molecule has 0 N–H and O–H groups in total. The Labute approximate surface area is 118 Å². The third-order valence-electron chi connectivity index (χ3n) is 2.36. The van der Waals surface area contributed by atoms with Crippen LogP contribution in [0.3, 0.4) is 0 Å². The third kappa shape index (κ3) is 1.89. The lowest BCUT2D eigenvalue weighted by atomic mass is 10.3. The van der Waals surface area contributed by atoms with Gasteiger partial charge in [0.15, 0.2) is 0 Å². The highest BCUT2D eigenvalue weighted by atomic mass is 35.5. The van der Waals surface area contributed by atoms with Crippen molar-refractivity contribution in [2.45, 2.75) is 9.79 Å². The van der Waals surface area contributed by atoms with Crippen LogP contribution in [0.4, 0.5) is 0 Å². The van der Waals surface area contributed by atoms with Gasteiger partial charge in [0.25, 0.3) is 0 Å². The number of halogens is 3. The molecule has 17 heavy (non-hydrogen) atoms. The standard InChI is InChI=1S/C12H5Cl3OS/c13-6-5-8-12(11(15)10(6)14)17-9-4-2-1-3-7(9)16-8/h1-5H. The largest absolute Gasteiger partial charge is 0.455 e. The molecule has 0 spiro atoms. The van der Waals surface area contributed by atoms with Crippen molar-refractivity contribution in [3.8, 4) is 11.5 Å². The van der Waals surface area contributed by atoms with E-state index in [0.717, 1.165) is 15.5 Å². The molecule has 0 aromatic heterocycles. The summed E-state index contributed by atoms with van der Waals surface area (Å²) >= 11 is 19.7. The molecule has 0 saturated heterocycles. The highest BCUT2D eigenvalue weighted by Gasteiger charge is 2.23. The number of fused-ring (bicyclic) bond motifs is 2. The maximum Gasteiger partial charge on any atom is 0.144 e. The average molecular weight is 304 g/mol. The molecule has 5 heteroatoms. The molecule has 2 aromatic carbocycles. The summed E-state index contributed by atoms with van der Waals surface area (Å²) in [6.07, 6.45) is 0. The van der Waals surface area contributed by atoms with Gasteiger partial charge >= 0.3 is 0 Å². The van der Waals surface area contributed by atoms with Crippen LogP contribution in [-0.4, -0.2) is 0 Å². The molecule has 1 aliphatic rings. The van der Waals surface area contributed by atoms with E-state index >= 15 is 0 Å². The van der Waals surface area contributed by atoms with Crippen LogP contribution < -0.4 is 4.74 Å². The summed E-state index contributed by atoms with van der Waals surface area (Å²) in [4.78, 5) is 1.82. The van der Waals surface area contributed by atoms with Crippen LogP contribution in [0.1, 0.15) is 0 Å². The van der Waals surface area contributed by atoms with Crippen molar-refractivity contribution in [1.82, 2.24) is 0 Å². The number of para-hydroxylation sites is 1. The van der Waals surface area contributed by atoms with Crippen LogP contribution >= 0.6 is 46.6 Å². The highest BCUT2D eigenvalue weighted by Crippen LogP contribution is 2.52. The van der Waals surface area contributed by atoms with E-state index in [1.165, 1.54) is 11.8 Å². The average Bonchev–Trinajstić information content (AvgIpc) is 2.34. The molecular formula is C12H5Cl3OS. The fourth-order valence-electron chi connectivity index (χ4n) is 1.57. The minimum absolute atomic E-state index is 0.363. The van der Waals surface area contributed by atoms with Crippen LogP contribution in [0.2, 0.25) is 15.1 Å². The van der Waals surface area contributed by atoms with Crippen molar-refractivity contribution < 1.29 is 4.74 Å². The molecule has 0 bridgehead atoms. The zero-order valence-electron chi connectivity index (χ0n) is 8.34. The lowest BCUT2D eigenvalue weighted by molar-refractivity contribution is 0.454. The lowest BCUT2D eigenvalue weighted by Crippen LogP contribution is -1.95. The van der Waals surface area contributed by atoms with E-state index in [4.69, 9.17) is 39.5 Å². The molecule has 1 heterocycles. The minimum atomic E-state index is 0.363. The number of ether oxygens (including phenoxy) is 1. The Balaban J connectivity index is 2.18. The first kappa shape index (κ1) is 11.5. The van der Waals surface area contributed by atoms with Gasteiger partial charge in [-0.15, -0.1) is 0 Å². The molecule has 0 atom stereocenters. The Bertz CT molecular complexity index is 613. The second-order valence-corrected chi connectivity index (χ2v) is 5.68. The van der Waals surface area contributed by atoms with Crippen molar-refractivity contribution in [2.24, 2.45) is 0 Å². The number of hydrogen-bond acceptors (Lipinski definition) is 2. The van der Waals surface area contributed by atoms with Crippen LogP contribution in [-0.2, 0) is 0 Å². The van der Waals surface area contributed by atoms with E-state index in [1.807, 2.05) is 24.3 Å². The molecule has 1 aliphatic heterocycles. The summed E-state index contributed by atoms with van der Waals surface area (Å²) in [6, 6.07) is 9.44. The minimum Gasteiger partial charge on any atom is -0.455 e. The molecule has 0 unspecified atom stereocenters. The molecule has 0 aliphatic carbocycles. The van der Waals surface area contributed by atoms with Gasteiger partial charge < -0.3 is 4.74 Å². The number of hydrogen-bond donors (Lipinski definition) is 0. The summed E-state index contributed by atoms with van der Waals surface area (Å²) in [6.45, 7) is 0. The van der Waals surface area contributed by atoms with E-state index in [1.54, 1.807) is 6.07 Å². The Kier molecular flexibility index (Phi) is 2.91. The summed E-state index contributed by atoms with van der Waals surface area (Å²) in [5.41, 5.74) is 0. The molecule has 1 nitrogen and oxygen atoms in total. The second-order valence-electron chi connectivity index (χ2n) is 3.46. The fraction of sp³-hybridized carbons (Fsp3) is 0. The molecule has 2 aromatic rings. The molecule has 3 rings (SSSR count). The van der Waals surface area contributed by atoms with Crippen molar-refractivity contribution in [3.63, 3.8) is 0 Å². The number of benzene rings is 2. The smallest absolute Gasteiger partial charge is 0.144 e. The SMILES string of the molecule is Clc1cc2c(c(Cl)c1Cl)Sc1ccccc1O2. The normalized spacial score (nSPS) is 12.6. The molecule has 0 radical (unpaired) electrons. The molecular weight excluding hydrogens is 299 g/mol. The Morgan fingerprint density at radius 2 is 1.71 bits per heavy atom. The van der Waals surface area contributed by atoms with Crippen molar-refractivity contribution >= 4 is 46.6 Å². The monoisotopic (exact) mass is 302 g/mol. The predicted molar refractivity (Wildman–Crippen MR) is 72.1 cm³/mol. The molecule has 86 valence electrons. The first-order valence-corrected chi connectivity index (χ1v) is 6.74. The summed E-state index contributed by atoms with van der Waals surface area (Å²) in [5, 5.41) is 1.20. The van der Waals surface area contributed by atoms with Gasteiger partial charge in [0, 0.05) is 6.07 Å². The molecule has 0 amide bonds. The van der Waals surface area contributed by atoms with E-state index in [2.05, 4.69) is 0 Å². The zero-order valence-corrected chi connectivity index (χ0v) is 11.4. The quantitative estimate of drug-likeness (QED) is 0.478. The van der Waals surface area contributed by atoms with Crippen molar-refractivity contribution in [2.75, 3.05) is 0 Å². The van der Waals surface area contributed by atoms with Crippen LogP contribution in [0.15, 0.2) is 40.1 Å². The van der Waals surface area contributed by atoms with Crippen molar-refractivity contribution in [3.05, 3.63) is 45.4 Å². The zero-order chi connectivity index (χ0) is 12.0. The van der Waals surface area contributed by atoms with E-state index in [9.17, 15) is 0 Å². The van der Waals surface area contributed by atoms with E-state index in [0.29, 0.717) is 20.8 Å². The third-order valence-corrected chi connectivity index (χ3v) is 4.91. The van der Waals surface area contributed by atoms with Crippen LogP contribution in [0.5, 0.6) is 11.5 Å². The second kappa shape index (κ2) is 4.29. The van der Waals surface area contributed by atoms with Gasteiger partial charge in [-0.2, -0.15) is 0 Å². The fourth-order valence-corrected chi connectivity index (χ4v) is 3.30. The Hall–Kier alpha value is -0.540. The van der Waals surface area contributed by atoms with Crippen LogP contribution in [0, 0.1) is 0 Å². The summed E-state index contributed by atoms with van der Waals surface area (Å²) in [7, 11) is 0. The molecule has 0 fully saturated rings. The molecule has 0 saturated carbocycles. The van der Waals surface area contributed by atoms with Gasteiger partial charge in [-0.05, 0) is 12.1 Å². The predicted octanol–water partition coefficient (Wildman–Crippen LogP) is 5.90. The topological polar surface area (TPSA) is 9.23 Å². The maximum absolute atomic E-state index is 6.17. The van der Waals surface area contributed by atoms with E-state index < -0.39 is 0 Å². The van der Waals surface area contributed by atoms with Gasteiger partial charge in [0.05, 0.1) is 24.9 Å². The highest BCUT2D eigenvalue weighted by molar-refractivity contribution is 7.99. The van der Waals surface area contributed by atoms with E-state index in [-0.39, 0.29) is 0 Å².